The SMILES string of the molecule is CCCn1c(=O)c2[nH]c(C34CCC(O[C@@H](C)CC(=O)O)(CC3)CC4)nc2n(CCC)c1=O. The van der Waals surface area contributed by atoms with Gasteiger partial charge in [-0.25, -0.2) is 9.78 Å². The molecule has 0 aromatic carbocycles. The van der Waals surface area contributed by atoms with Gasteiger partial charge in [-0.05, 0) is 58.3 Å². The molecular formula is C23H34N4O5. The van der Waals surface area contributed by atoms with Crippen LogP contribution in [0.3, 0.4) is 0 Å². The van der Waals surface area contributed by atoms with Gasteiger partial charge in [0.25, 0.3) is 5.56 Å². The van der Waals surface area contributed by atoms with Crippen LogP contribution in [0.15, 0.2) is 9.59 Å². The molecule has 9 heteroatoms. The lowest BCUT2D eigenvalue weighted by Gasteiger charge is -2.53. The molecule has 3 aliphatic rings. The number of rotatable bonds is 9. The van der Waals surface area contributed by atoms with Gasteiger partial charge in [-0.3, -0.25) is 18.7 Å². The van der Waals surface area contributed by atoms with Crippen LogP contribution in [0.5, 0.6) is 0 Å². The van der Waals surface area contributed by atoms with Crippen molar-refractivity contribution in [2.24, 2.45) is 0 Å². The molecule has 5 rings (SSSR count). The summed E-state index contributed by atoms with van der Waals surface area (Å²) in [7, 11) is 0. The summed E-state index contributed by atoms with van der Waals surface area (Å²) in [6.07, 6.45) is 6.32. The standard InChI is InChI=1S/C23H34N4O5/c1-4-12-26-18-17(19(30)27(13-5-2)21(26)31)24-20(25-18)22-6-9-23(10-7-22,11-8-22)32-15(3)14-16(28)29/h15H,4-14H2,1-3H3,(H,24,25)(H,28,29)/t15-,22?,23?/m0/s1. The van der Waals surface area contributed by atoms with Crippen molar-refractivity contribution in [2.45, 2.75) is 109 Å². The zero-order chi connectivity index (χ0) is 23.1. The molecule has 0 amide bonds. The summed E-state index contributed by atoms with van der Waals surface area (Å²) in [5, 5.41) is 9.05. The number of nitrogens with zero attached hydrogens (tertiary/aromatic N) is 3. The van der Waals surface area contributed by atoms with Gasteiger partial charge >= 0.3 is 11.7 Å². The Morgan fingerprint density at radius 3 is 2.25 bits per heavy atom. The van der Waals surface area contributed by atoms with Crippen molar-refractivity contribution >= 4 is 17.1 Å². The summed E-state index contributed by atoms with van der Waals surface area (Å²) in [4.78, 5) is 45.2. The van der Waals surface area contributed by atoms with E-state index in [1.807, 2.05) is 20.8 Å². The molecule has 0 unspecified atom stereocenters. The molecule has 2 N–H and O–H groups in total. The molecule has 3 fully saturated rings. The second-order valence-electron chi connectivity index (χ2n) is 9.66. The lowest BCUT2D eigenvalue weighted by Crippen LogP contribution is -2.51. The number of aryl methyl sites for hydroxylation is 1. The Bertz CT molecular complexity index is 1100. The number of aromatic amines is 1. The minimum Gasteiger partial charge on any atom is -0.481 e. The van der Waals surface area contributed by atoms with E-state index in [0.717, 1.165) is 50.8 Å². The first-order valence-corrected chi connectivity index (χ1v) is 11.9. The molecule has 9 nitrogen and oxygen atoms in total. The Balaban J connectivity index is 1.66. The summed E-state index contributed by atoms with van der Waals surface area (Å²) >= 11 is 0. The number of carboxylic acid groups (broad SMARTS) is 1. The quantitative estimate of drug-likeness (QED) is 0.611. The molecule has 3 saturated carbocycles. The largest absolute Gasteiger partial charge is 0.481 e. The third-order valence-corrected chi connectivity index (χ3v) is 7.35. The van der Waals surface area contributed by atoms with Gasteiger partial charge in [-0.2, -0.15) is 0 Å². The second kappa shape index (κ2) is 8.50. The number of aliphatic carboxylic acids is 1. The smallest absolute Gasteiger partial charge is 0.332 e. The molecule has 3 aliphatic carbocycles. The summed E-state index contributed by atoms with van der Waals surface area (Å²) in [5.74, 6) is -0.0426. The highest BCUT2D eigenvalue weighted by Gasteiger charge is 2.52. The third-order valence-electron chi connectivity index (χ3n) is 7.35. The van der Waals surface area contributed by atoms with E-state index >= 15 is 0 Å². The lowest BCUT2D eigenvalue weighted by molar-refractivity contribution is -0.161. The molecular weight excluding hydrogens is 412 g/mol. The number of carbonyl (C=O) groups is 1. The molecule has 176 valence electrons. The van der Waals surface area contributed by atoms with Gasteiger partial charge in [0.1, 0.15) is 11.3 Å². The number of fused-ring (bicyclic) bond motifs is 4. The number of imidazole rings is 1. The van der Waals surface area contributed by atoms with Gasteiger partial charge in [-0.15, -0.1) is 0 Å². The van der Waals surface area contributed by atoms with Crippen LogP contribution in [-0.4, -0.2) is 41.9 Å². The Hall–Kier alpha value is -2.42. The predicted molar refractivity (Wildman–Crippen MR) is 120 cm³/mol. The highest BCUT2D eigenvalue weighted by molar-refractivity contribution is 5.70. The molecule has 2 aromatic rings. The Morgan fingerprint density at radius 2 is 1.69 bits per heavy atom. The topological polar surface area (TPSA) is 119 Å². The van der Waals surface area contributed by atoms with Crippen LogP contribution in [0, 0.1) is 0 Å². The van der Waals surface area contributed by atoms with E-state index in [1.54, 1.807) is 4.57 Å². The minimum atomic E-state index is -0.844. The van der Waals surface area contributed by atoms with Gasteiger partial charge < -0.3 is 14.8 Å². The van der Waals surface area contributed by atoms with E-state index in [0.29, 0.717) is 30.7 Å². The molecule has 1 atom stereocenters. The van der Waals surface area contributed by atoms with E-state index in [2.05, 4.69) is 4.98 Å². The minimum absolute atomic E-state index is 0.00939. The Kier molecular flexibility index (Phi) is 6.04. The maximum atomic E-state index is 13.1. The van der Waals surface area contributed by atoms with E-state index in [1.165, 1.54) is 4.57 Å². The summed E-state index contributed by atoms with van der Waals surface area (Å²) < 4.78 is 9.19. The fraction of sp³-hybridized carbons (Fsp3) is 0.739. The molecule has 2 heterocycles. The van der Waals surface area contributed by atoms with E-state index in [4.69, 9.17) is 14.8 Å². The zero-order valence-corrected chi connectivity index (χ0v) is 19.3. The first kappa shape index (κ1) is 22.8. The van der Waals surface area contributed by atoms with Crippen LogP contribution in [0.2, 0.25) is 0 Å². The zero-order valence-electron chi connectivity index (χ0n) is 19.3. The number of ether oxygens (including phenoxy) is 1. The van der Waals surface area contributed by atoms with Crippen molar-refractivity contribution in [3.05, 3.63) is 26.7 Å². The van der Waals surface area contributed by atoms with Crippen LogP contribution in [-0.2, 0) is 28.0 Å². The maximum Gasteiger partial charge on any atom is 0.332 e. The second-order valence-corrected chi connectivity index (χ2v) is 9.66. The number of hydrogen-bond donors (Lipinski definition) is 2. The van der Waals surface area contributed by atoms with Gasteiger partial charge in [0, 0.05) is 18.5 Å². The van der Waals surface area contributed by atoms with Gasteiger partial charge in [0.05, 0.1) is 18.1 Å². The van der Waals surface area contributed by atoms with E-state index in [9.17, 15) is 14.4 Å². The summed E-state index contributed by atoms with van der Waals surface area (Å²) in [6.45, 7) is 6.70. The Morgan fingerprint density at radius 1 is 1.09 bits per heavy atom. The number of hydrogen-bond acceptors (Lipinski definition) is 5. The summed E-state index contributed by atoms with van der Waals surface area (Å²) in [5.41, 5.74) is -0.109. The highest BCUT2D eigenvalue weighted by Crippen LogP contribution is 2.54. The molecule has 2 aromatic heterocycles. The normalized spacial score (nSPS) is 26.0. The van der Waals surface area contributed by atoms with Crippen LogP contribution in [0.1, 0.15) is 84.4 Å². The number of nitrogens with one attached hydrogen (secondary N) is 1. The number of H-pyrrole nitrogens is 1. The molecule has 2 bridgehead atoms. The van der Waals surface area contributed by atoms with Gasteiger partial charge in [0.2, 0.25) is 0 Å². The first-order chi connectivity index (χ1) is 15.2. The van der Waals surface area contributed by atoms with Gasteiger partial charge in [-0.1, -0.05) is 13.8 Å². The van der Waals surface area contributed by atoms with Crippen molar-refractivity contribution in [1.82, 2.24) is 19.1 Å². The van der Waals surface area contributed by atoms with Crippen molar-refractivity contribution in [3.8, 4) is 0 Å². The van der Waals surface area contributed by atoms with Crippen LogP contribution < -0.4 is 11.2 Å². The lowest BCUT2D eigenvalue weighted by atomic mass is 9.58. The van der Waals surface area contributed by atoms with Crippen LogP contribution >= 0.6 is 0 Å². The average Bonchev–Trinajstić information content (AvgIpc) is 3.21. The maximum absolute atomic E-state index is 13.1. The van der Waals surface area contributed by atoms with Crippen molar-refractivity contribution in [3.63, 3.8) is 0 Å². The van der Waals surface area contributed by atoms with Crippen LogP contribution in [0.4, 0.5) is 0 Å². The van der Waals surface area contributed by atoms with Crippen molar-refractivity contribution < 1.29 is 14.6 Å². The van der Waals surface area contributed by atoms with E-state index in [-0.39, 0.29) is 34.8 Å². The van der Waals surface area contributed by atoms with Crippen molar-refractivity contribution in [1.29, 1.82) is 0 Å². The Labute approximate surface area is 186 Å². The average molecular weight is 447 g/mol. The molecule has 0 radical (unpaired) electrons. The van der Waals surface area contributed by atoms with Crippen molar-refractivity contribution in [2.75, 3.05) is 0 Å². The monoisotopic (exact) mass is 446 g/mol. The summed E-state index contributed by atoms with van der Waals surface area (Å²) in [6, 6.07) is 0. The molecule has 0 aliphatic heterocycles. The van der Waals surface area contributed by atoms with Crippen LogP contribution in [0.25, 0.3) is 11.2 Å². The fourth-order valence-corrected chi connectivity index (χ4v) is 5.66. The molecule has 0 saturated heterocycles. The molecule has 32 heavy (non-hydrogen) atoms. The molecule has 0 spiro atoms. The first-order valence-electron chi connectivity index (χ1n) is 11.9. The number of carboxylic acids is 1. The fourth-order valence-electron chi connectivity index (χ4n) is 5.66. The number of aromatic nitrogens is 4. The van der Waals surface area contributed by atoms with Gasteiger partial charge in [0.15, 0.2) is 5.65 Å². The van der Waals surface area contributed by atoms with E-state index < -0.39 is 5.97 Å². The predicted octanol–water partition coefficient (Wildman–Crippen LogP) is 2.93. The highest BCUT2D eigenvalue weighted by atomic mass is 16.5. The third kappa shape index (κ3) is 3.80.